The first kappa shape index (κ1) is 18.9. The lowest BCUT2D eigenvalue weighted by molar-refractivity contribution is 0.0788. The van der Waals surface area contributed by atoms with Crippen LogP contribution in [0.5, 0.6) is 0 Å². The van der Waals surface area contributed by atoms with Crippen molar-refractivity contribution in [3.05, 3.63) is 29.9 Å². The molecule has 3 fully saturated rings. The third kappa shape index (κ3) is 4.00. The highest BCUT2D eigenvalue weighted by molar-refractivity contribution is 5.41. The van der Waals surface area contributed by atoms with Crippen LogP contribution in [0.25, 0.3) is 0 Å². The highest BCUT2D eigenvalue weighted by Gasteiger charge is 2.40. The van der Waals surface area contributed by atoms with Gasteiger partial charge in [0.25, 0.3) is 0 Å². The smallest absolute Gasteiger partial charge is 0.230 e. The van der Waals surface area contributed by atoms with Crippen LogP contribution in [-0.2, 0) is 11.3 Å². The van der Waals surface area contributed by atoms with Gasteiger partial charge in [-0.25, -0.2) is 9.97 Å². The molecule has 0 bridgehead atoms. The summed E-state index contributed by atoms with van der Waals surface area (Å²) in [7, 11) is 0. The highest BCUT2D eigenvalue weighted by Crippen LogP contribution is 2.34. The number of fused-ring (bicyclic) bond motifs is 1. The maximum absolute atomic E-state index is 5.99. The van der Waals surface area contributed by atoms with Gasteiger partial charge in [-0.15, -0.1) is 10.2 Å². The van der Waals surface area contributed by atoms with Crippen LogP contribution in [0, 0.1) is 11.8 Å². The zero-order chi connectivity index (χ0) is 19.8. The van der Waals surface area contributed by atoms with Crippen LogP contribution in [0.2, 0.25) is 0 Å². The van der Waals surface area contributed by atoms with Crippen LogP contribution in [0.1, 0.15) is 56.0 Å². The largest absolute Gasteiger partial charge is 0.424 e. The van der Waals surface area contributed by atoms with Gasteiger partial charge in [-0.1, -0.05) is 13.8 Å². The number of anilines is 1. The number of aromatic nitrogens is 4. The summed E-state index contributed by atoms with van der Waals surface area (Å²) in [5, 5.41) is 8.62. The van der Waals surface area contributed by atoms with E-state index in [4.69, 9.17) is 9.15 Å². The number of hydrogen-bond donors (Lipinski definition) is 0. The maximum atomic E-state index is 5.99. The molecular weight excluding hydrogens is 368 g/mol. The van der Waals surface area contributed by atoms with Crippen LogP contribution < -0.4 is 4.90 Å². The van der Waals surface area contributed by atoms with E-state index in [2.05, 4.69) is 49.9 Å². The predicted octanol–water partition coefficient (Wildman–Crippen LogP) is 2.45. The minimum absolute atomic E-state index is 0.361. The molecule has 2 atom stereocenters. The minimum Gasteiger partial charge on any atom is -0.424 e. The molecule has 0 saturated carbocycles. The molecule has 5 rings (SSSR count). The van der Waals surface area contributed by atoms with E-state index in [9.17, 15) is 0 Å². The quantitative estimate of drug-likeness (QED) is 0.760. The number of likely N-dealkylation sites (tertiary alicyclic amines) is 1. The molecule has 2 aromatic heterocycles. The van der Waals surface area contributed by atoms with Crippen molar-refractivity contribution in [2.75, 3.05) is 44.3 Å². The Morgan fingerprint density at radius 2 is 1.79 bits per heavy atom. The van der Waals surface area contributed by atoms with Gasteiger partial charge in [0.2, 0.25) is 11.8 Å². The van der Waals surface area contributed by atoms with Crippen LogP contribution >= 0.6 is 0 Å². The Labute approximate surface area is 171 Å². The Bertz CT molecular complexity index is 820. The molecule has 2 unspecified atom stereocenters. The monoisotopic (exact) mass is 398 g/mol. The third-order valence-electron chi connectivity index (χ3n) is 6.56. The predicted molar refractivity (Wildman–Crippen MR) is 108 cm³/mol. The van der Waals surface area contributed by atoms with E-state index in [0.29, 0.717) is 23.7 Å². The van der Waals surface area contributed by atoms with Crippen molar-refractivity contribution in [3.63, 3.8) is 0 Å². The molecule has 3 aliphatic heterocycles. The van der Waals surface area contributed by atoms with Gasteiger partial charge >= 0.3 is 0 Å². The molecule has 3 saturated heterocycles. The Balaban J connectivity index is 1.17. The average Bonchev–Trinajstić information content (AvgIpc) is 3.44. The zero-order valence-electron chi connectivity index (χ0n) is 17.3. The first-order valence-corrected chi connectivity index (χ1v) is 10.8. The second-order valence-corrected chi connectivity index (χ2v) is 9.00. The molecule has 0 aromatic carbocycles. The standard InChI is InChI=1S/C21H30N6O2/c1-14(2)18-7-19(23-13-22-18)27-10-16-8-26(9-17(16)11-27)12-20-24-25-21(29-20)15-3-5-28-6-4-15/h7,13-17H,3-6,8-12H2,1-2H3. The number of rotatable bonds is 5. The Morgan fingerprint density at radius 3 is 2.52 bits per heavy atom. The van der Waals surface area contributed by atoms with Crippen LogP contribution in [0.15, 0.2) is 16.8 Å². The fraction of sp³-hybridized carbons (Fsp3) is 0.714. The van der Waals surface area contributed by atoms with Crippen molar-refractivity contribution in [3.8, 4) is 0 Å². The van der Waals surface area contributed by atoms with Crippen LogP contribution in [0.4, 0.5) is 5.82 Å². The molecule has 0 radical (unpaired) electrons. The molecule has 0 aliphatic carbocycles. The fourth-order valence-corrected chi connectivity index (χ4v) is 4.89. The Morgan fingerprint density at radius 1 is 1.03 bits per heavy atom. The lowest BCUT2D eigenvalue weighted by Crippen LogP contribution is -2.29. The molecule has 8 nitrogen and oxygen atoms in total. The van der Waals surface area contributed by atoms with Gasteiger partial charge in [-0.05, 0) is 30.6 Å². The van der Waals surface area contributed by atoms with Gasteiger partial charge in [0.1, 0.15) is 12.1 Å². The van der Waals surface area contributed by atoms with Gasteiger partial charge in [0.05, 0.1) is 6.54 Å². The van der Waals surface area contributed by atoms with E-state index in [-0.39, 0.29) is 0 Å². The molecule has 29 heavy (non-hydrogen) atoms. The molecule has 2 aromatic rings. The lowest BCUT2D eigenvalue weighted by Gasteiger charge is -2.22. The highest BCUT2D eigenvalue weighted by atomic mass is 16.5. The summed E-state index contributed by atoms with van der Waals surface area (Å²) in [6.07, 6.45) is 3.66. The number of ether oxygens (including phenoxy) is 1. The summed E-state index contributed by atoms with van der Waals surface area (Å²) in [5.41, 5.74) is 1.12. The molecular formula is C21H30N6O2. The molecule has 5 heterocycles. The zero-order valence-corrected chi connectivity index (χ0v) is 17.3. The van der Waals surface area contributed by atoms with Crippen molar-refractivity contribution in [2.45, 2.75) is 45.1 Å². The van der Waals surface area contributed by atoms with E-state index in [1.807, 2.05) is 0 Å². The second kappa shape index (κ2) is 7.99. The van der Waals surface area contributed by atoms with Crippen LogP contribution in [-0.4, -0.2) is 64.5 Å². The third-order valence-corrected chi connectivity index (χ3v) is 6.56. The normalized spacial score (nSPS) is 25.8. The van der Waals surface area contributed by atoms with Crippen molar-refractivity contribution >= 4 is 5.82 Å². The van der Waals surface area contributed by atoms with Gasteiger partial charge in [-0.3, -0.25) is 4.90 Å². The van der Waals surface area contributed by atoms with Crippen molar-refractivity contribution in [2.24, 2.45) is 11.8 Å². The first-order chi connectivity index (χ1) is 14.2. The molecule has 156 valence electrons. The van der Waals surface area contributed by atoms with E-state index in [1.165, 1.54) is 0 Å². The van der Waals surface area contributed by atoms with Crippen LogP contribution in [0.3, 0.4) is 0 Å². The summed E-state index contributed by atoms with van der Waals surface area (Å²) in [4.78, 5) is 13.8. The van der Waals surface area contributed by atoms with Gasteiger partial charge in [0.15, 0.2) is 0 Å². The van der Waals surface area contributed by atoms with Crippen molar-refractivity contribution in [1.29, 1.82) is 0 Å². The SMILES string of the molecule is CC(C)c1cc(N2CC3CN(Cc4nnc(C5CCOCC5)o4)CC3C2)ncn1. The van der Waals surface area contributed by atoms with Crippen molar-refractivity contribution in [1.82, 2.24) is 25.1 Å². The molecule has 3 aliphatic rings. The Kier molecular flexibility index (Phi) is 5.22. The summed E-state index contributed by atoms with van der Waals surface area (Å²) in [5.74, 6) is 4.74. The van der Waals surface area contributed by atoms with Gasteiger partial charge in [-0.2, -0.15) is 0 Å². The molecule has 0 amide bonds. The van der Waals surface area contributed by atoms with Gasteiger partial charge in [0, 0.05) is 57.1 Å². The van der Waals surface area contributed by atoms with E-state index in [1.54, 1.807) is 6.33 Å². The second-order valence-electron chi connectivity index (χ2n) is 9.00. The van der Waals surface area contributed by atoms with Gasteiger partial charge < -0.3 is 14.1 Å². The van der Waals surface area contributed by atoms with E-state index < -0.39 is 0 Å². The van der Waals surface area contributed by atoms with E-state index >= 15 is 0 Å². The molecule has 8 heteroatoms. The number of hydrogen-bond acceptors (Lipinski definition) is 8. The molecule has 0 N–H and O–H groups in total. The number of nitrogens with zero attached hydrogens (tertiary/aromatic N) is 6. The topological polar surface area (TPSA) is 80.4 Å². The molecule has 0 spiro atoms. The van der Waals surface area contributed by atoms with Crippen molar-refractivity contribution < 1.29 is 9.15 Å². The average molecular weight is 399 g/mol. The summed E-state index contributed by atoms with van der Waals surface area (Å²) >= 11 is 0. The summed E-state index contributed by atoms with van der Waals surface area (Å²) in [6.45, 7) is 11.0. The maximum Gasteiger partial charge on any atom is 0.230 e. The minimum atomic E-state index is 0.361. The summed E-state index contributed by atoms with van der Waals surface area (Å²) in [6, 6.07) is 2.15. The first-order valence-electron chi connectivity index (χ1n) is 10.8. The lowest BCUT2D eigenvalue weighted by atomic mass is 10.0. The van der Waals surface area contributed by atoms with E-state index in [0.717, 1.165) is 82.1 Å². The Hall–Kier alpha value is -2.06. The fourth-order valence-electron chi connectivity index (χ4n) is 4.89. The summed E-state index contributed by atoms with van der Waals surface area (Å²) < 4.78 is 11.4.